The highest BCUT2D eigenvalue weighted by Crippen LogP contribution is 2.40. The third kappa shape index (κ3) is 7.42. The molecule has 1 aliphatic heterocycles. The van der Waals surface area contributed by atoms with Crippen molar-refractivity contribution in [2.24, 2.45) is 16.1 Å². The van der Waals surface area contributed by atoms with E-state index in [9.17, 15) is 19.9 Å². The van der Waals surface area contributed by atoms with E-state index in [4.69, 9.17) is 29.2 Å². The highest BCUT2D eigenvalue weighted by molar-refractivity contribution is 7.34. The normalized spacial score (nSPS) is 22.3. The highest BCUT2D eigenvalue weighted by Gasteiger charge is 2.54. The van der Waals surface area contributed by atoms with Crippen LogP contribution in [0.25, 0.3) is 22.1 Å². The number of hydrogen-bond acceptors (Lipinski definition) is 15. The topological polar surface area (TPSA) is 222 Å². The van der Waals surface area contributed by atoms with Gasteiger partial charge in [-0.05, 0) is 30.4 Å². The molecule has 258 valence electrons. The molecule has 3 aromatic heterocycles. The molecule has 1 fully saturated rings. The second kappa shape index (κ2) is 13.7. The number of aliphatic hydroxyl groups excluding tert-OH is 1. The van der Waals surface area contributed by atoms with Crippen molar-refractivity contribution in [3.8, 4) is 17.5 Å². The van der Waals surface area contributed by atoms with E-state index in [1.54, 1.807) is 44.2 Å². The number of nitrogens with two attached hydrogens (primary N) is 1. The molecule has 17 heteroatoms. The average Bonchev–Trinajstić information content (AvgIpc) is 3.53. The highest BCUT2D eigenvalue weighted by atomic mass is 31.1. The van der Waals surface area contributed by atoms with E-state index in [1.807, 2.05) is 20.8 Å². The Morgan fingerprint density at radius 2 is 1.96 bits per heavy atom. The van der Waals surface area contributed by atoms with Crippen LogP contribution in [0.15, 0.2) is 41.4 Å². The van der Waals surface area contributed by atoms with E-state index < -0.39 is 44.2 Å². The lowest BCUT2D eigenvalue weighted by Crippen LogP contribution is -2.44. The van der Waals surface area contributed by atoms with Gasteiger partial charge in [0.2, 0.25) is 23.5 Å². The molecule has 1 saturated heterocycles. The Labute approximate surface area is 277 Å². The Balaban J connectivity index is 1.32. The van der Waals surface area contributed by atoms with E-state index in [2.05, 4.69) is 24.7 Å². The number of ether oxygens (including phenoxy) is 4. The average molecular weight is 686 g/mol. The van der Waals surface area contributed by atoms with Crippen molar-refractivity contribution in [3.63, 3.8) is 0 Å². The maximum atomic E-state index is 13.0. The van der Waals surface area contributed by atoms with Gasteiger partial charge in [-0.15, -0.1) is 0 Å². The van der Waals surface area contributed by atoms with E-state index >= 15 is 0 Å². The second-order valence-corrected chi connectivity index (χ2v) is 14.1. The number of para-hydroxylation sites is 1. The third-order valence-electron chi connectivity index (χ3n) is 7.58. The Hall–Kier alpha value is -4.21. The van der Waals surface area contributed by atoms with Crippen LogP contribution in [0, 0.1) is 11.3 Å². The number of pyridine rings is 1. The van der Waals surface area contributed by atoms with E-state index in [0.717, 1.165) is 0 Å². The minimum absolute atomic E-state index is 0.0681. The minimum Gasteiger partial charge on any atom is -0.575 e. The standard InChI is InChI=1S/C31H40N7O9P/c1-16(2)21(27(40)45-14-30(3,4)5)37-48(42)47-18-10-8-9-17-11-12-20(34-22(17)18)44-13-19-24(39)31(6,41)28(46-19)38-15-33-23-25(38)35-29(32)36-26(23)43-7/h8-12,15-16,19,21,24,28,39,41H,13-14H2,1-7H3,(H2,32,35,36)/t19-,21+,24-,28?,31-/m1/s1. The molecule has 0 aliphatic carbocycles. The number of anilines is 1. The van der Waals surface area contributed by atoms with Crippen molar-refractivity contribution in [1.29, 1.82) is 0 Å². The van der Waals surface area contributed by atoms with Gasteiger partial charge in [-0.2, -0.15) is 9.97 Å². The lowest BCUT2D eigenvalue weighted by Gasteiger charge is -2.27. The summed E-state index contributed by atoms with van der Waals surface area (Å²) >= 11 is 0. The van der Waals surface area contributed by atoms with Crippen molar-refractivity contribution >= 4 is 42.2 Å². The number of nitrogens with zero attached hydrogens (tertiary/aromatic N) is 6. The number of imidazole rings is 1. The lowest BCUT2D eigenvalue weighted by molar-refractivity contribution is -0.170. The van der Waals surface area contributed by atoms with E-state index in [1.165, 1.54) is 24.9 Å². The summed E-state index contributed by atoms with van der Waals surface area (Å²) < 4.78 is 33.9. The van der Waals surface area contributed by atoms with Gasteiger partial charge in [-0.25, -0.2) is 14.8 Å². The number of methoxy groups -OCH3 is 1. The lowest BCUT2D eigenvalue weighted by atomic mass is 9.96. The summed E-state index contributed by atoms with van der Waals surface area (Å²) in [5.74, 6) is -0.459. The second-order valence-electron chi connectivity index (χ2n) is 13.2. The summed E-state index contributed by atoms with van der Waals surface area (Å²) in [6, 6.07) is 7.44. The number of esters is 1. The fourth-order valence-electron chi connectivity index (χ4n) is 5.06. The van der Waals surface area contributed by atoms with Crippen LogP contribution in [-0.4, -0.2) is 84.9 Å². The summed E-state index contributed by atoms with van der Waals surface area (Å²) in [5.41, 5.74) is 4.69. The predicted octanol–water partition coefficient (Wildman–Crippen LogP) is 2.90. The Kier molecular flexibility index (Phi) is 10.0. The maximum Gasteiger partial charge on any atom is 0.395 e. The number of hydrogen-bond donors (Lipinski definition) is 3. The largest absolute Gasteiger partial charge is 0.575 e. The molecule has 16 nitrogen and oxygen atoms in total. The van der Waals surface area contributed by atoms with Gasteiger partial charge in [0.25, 0.3) is 0 Å². The number of aliphatic hydroxyl groups is 2. The number of nitrogen functional groups attached to an aromatic ring is 1. The van der Waals surface area contributed by atoms with Crippen molar-refractivity contribution in [1.82, 2.24) is 24.5 Å². The zero-order valence-corrected chi connectivity index (χ0v) is 28.6. The number of rotatable bonds is 11. The van der Waals surface area contributed by atoms with E-state index in [-0.39, 0.29) is 53.7 Å². The minimum atomic E-state index is -2.68. The molecule has 4 heterocycles. The summed E-state index contributed by atoms with van der Waals surface area (Å²) in [4.78, 5) is 42.8. The number of carbonyl (C=O) groups is 1. The van der Waals surface area contributed by atoms with Gasteiger partial charge in [-0.3, -0.25) is 9.09 Å². The van der Waals surface area contributed by atoms with Crippen LogP contribution in [0.5, 0.6) is 17.5 Å². The molecule has 2 unspecified atom stereocenters. The van der Waals surface area contributed by atoms with Crippen molar-refractivity contribution in [2.75, 3.05) is 26.1 Å². The van der Waals surface area contributed by atoms with Crippen molar-refractivity contribution < 1.29 is 43.4 Å². The summed E-state index contributed by atoms with van der Waals surface area (Å²) in [6.07, 6.45) is -2.10. The van der Waals surface area contributed by atoms with Crippen LogP contribution >= 0.6 is 8.17 Å². The number of fused-ring (bicyclic) bond motifs is 2. The zero-order chi connectivity index (χ0) is 35.0. The molecule has 0 radical (unpaired) electrons. The monoisotopic (exact) mass is 685 g/mol. The van der Waals surface area contributed by atoms with Gasteiger partial charge >= 0.3 is 14.1 Å². The Bertz CT molecular complexity index is 1830. The van der Waals surface area contributed by atoms with Crippen LogP contribution in [0.1, 0.15) is 47.8 Å². The van der Waals surface area contributed by atoms with Gasteiger partial charge in [0.15, 0.2) is 23.4 Å². The fourth-order valence-corrected chi connectivity index (χ4v) is 5.98. The number of benzene rings is 1. The van der Waals surface area contributed by atoms with Crippen LogP contribution < -0.4 is 24.6 Å². The molecular weight excluding hydrogens is 645 g/mol. The first-order chi connectivity index (χ1) is 22.6. The summed E-state index contributed by atoms with van der Waals surface area (Å²) in [5, 5.41) is 23.0. The van der Waals surface area contributed by atoms with Crippen molar-refractivity contribution in [2.45, 2.75) is 71.6 Å². The van der Waals surface area contributed by atoms with Gasteiger partial charge in [0.1, 0.15) is 29.9 Å². The quantitative estimate of drug-likeness (QED) is 0.153. The van der Waals surface area contributed by atoms with Crippen LogP contribution in [0.3, 0.4) is 0 Å². The first kappa shape index (κ1) is 35.1. The molecule has 1 aromatic carbocycles. The maximum absolute atomic E-state index is 13.0. The van der Waals surface area contributed by atoms with Gasteiger partial charge in [0.05, 0.1) is 20.0 Å². The van der Waals surface area contributed by atoms with Crippen LogP contribution in [0.2, 0.25) is 0 Å². The molecule has 4 N–H and O–H groups in total. The van der Waals surface area contributed by atoms with E-state index in [0.29, 0.717) is 16.4 Å². The predicted molar refractivity (Wildman–Crippen MR) is 173 cm³/mol. The van der Waals surface area contributed by atoms with Crippen molar-refractivity contribution in [3.05, 3.63) is 36.7 Å². The first-order valence-corrected chi connectivity index (χ1v) is 16.4. The molecule has 0 spiro atoms. The molecule has 0 bridgehead atoms. The first-order valence-electron chi connectivity index (χ1n) is 15.2. The molecule has 1 aliphatic rings. The molecule has 48 heavy (non-hydrogen) atoms. The van der Waals surface area contributed by atoms with Crippen LogP contribution in [-0.2, 0) is 14.3 Å². The molecule has 4 aromatic rings. The Morgan fingerprint density at radius 3 is 2.65 bits per heavy atom. The number of carbonyl (C=O) groups excluding carboxylic acids is 1. The van der Waals surface area contributed by atoms with Gasteiger partial charge < -0.3 is 39.8 Å². The summed E-state index contributed by atoms with van der Waals surface area (Å²) in [6.45, 7) is 10.8. The van der Waals surface area contributed by atoms with Gasteiger partial charge in [0, 0.05) is 11.5 Å². The molecule has 0 saturated carbocycles. The molecular formula is C31H40N7O9P. The molecule has 6 atom stereocenters. The molecule has 5 rings (SSSR count). The SMILES string of the molecule is COc1nc(N)nc2c1ncn2C1O[C@H](COc2ccc3cccc(O[P+]([O-])=N[C@H](C(=O)OCC(C)(C)C)C(C)C)c3n2)[C@@H](O)[C@@]1(C)O. The van der Waals surface area contributed by atoms with Crippen LogP contribution in [0.4, 0.5) is 5.95 Å². The Morgan fingerprint density at radius 1 is 1.21 bits per heavy atom. The molecule has 0 amide bonds. The summed E-state index contributed by atoms with van der Waals surface area (Å²) in [7, 11) is -1.26. The number of aromatic nitrogens is 5. The fraction of sp³-hybridized carbons (Fsp3) is 0.516. The third-order valence-corrected chi connectivity index (χ3v) is 8.37. The zero-order valence-electron chi connectivity index (χ0n) is 27.7. The smallest absolute Gasteiger partial charge is 0.395 e. The van der Waals surface area contributed by atoms with Gasteiger partial charge in [-0.1, -0.05) is 51.5 Å².